The summed E-state index contributed by atoms with van der Waals surface area (Å²) in [5, 5.41) is 8.95. The maximum atomic E-state index is 12.5. The van der Waals surface area contributed by atoms with Crippen molar-refractivity contribution in [2.45, 2.75) is 38.4 Å². The highest BCUT2D eigenvalue weighted by atomic mass is 16.2. The summed E-state index contributed by atoms with van der Waals surface area (Å²) in [4.78, 5) is 28.3. The summed E-state index contributed by atoms with van der Waals surface area (Å²) in [6.07, 6.45) is 3.03. The fourth-order valence-corrected chi connectivity index (χ4v) is 2.97. The van der Waals surface area contributed by atoms with Crippen molar-refractivity contribution < 1.29 is 4.79 Å². The fraction of sp³-hybridized carbons (Fsp3) is 0.438. The van der Waals surface area contributed by atoms with Crippen LogP contribution in [0.5, 0.6) is 0 Å². The van der Waals surface area contributed by atoms with Gasteiger partial charge in [0.15, 0.2) is 0 Å². The van der Waals surface area contributed by atoms with E-state index in [9.17, 15) is 9.59 Å². The molecule has 1 saturated heterocycles. The molecule has 0 bridgehead atoms. The summed E-state index contributed by atoms with van der Waals surface area (Å²) in [6, 6.07) is 10.1. The minimum Gasteiger partial charge on any atom is -0.347 e. The second-order valence-corrected chi connectivity index (χ2v) is 5.81. The minimum absolute atomic E-state index is 0.00974. The molecule has 0 unspecified atom stereocenters. The number of nitrogens with zero attached hydrogens (tertiary/aromatic N) is 2. The van der Waals surface area contributed by atoms with Crippen molar-refractivity contribution in [2.75, 3.05) is 6.54 Å². The summed E-state index contributed by atoms with van der Waals surface area (Å²) in [5.74, 6) is 0.429. The Bertz CT molecular complexity index is 694. The van der Waals surface area contributed by atoms with Crippen molar-refractivity contribution in [3.8, 4) is 0 Å². The van der Waals surface area contributed by atoms with Crippen LogP contribution in [0, 0.1) is 0 Å². The maximum absolute atomic E-state index is 12.5. The SMILES string of the molecule is O=C(NCc1n[nH]c(=O)[nH]1)[C@@H]1CCCCN1Cc1ccccc1. The Morgan fingerprint density at radius 1 is 1.30 bits per heavy atom. The van der Waals surface area contributed by atoms with Gasteiger partial charge in [0.1, 0.15) is 5.82 Å². The highest BCUT2D eigenvalue weighted by Crippen LogP contribution is 2.19. The lowest BCUT2D eigenvalue weighted by Gasteiger charge is -2.34. The Labute approximate surface area is 134 Å². The molecule has 1 amide bonds. The number of carbonyl (C=O) groups excluding carboxylic acids is 1. The van der Waals surface area contributed by atoms with E-state index in [0.29, 0.717) is 5.82 Å². The number of piperidine rings is 1. The topological polar surface area (TPSA) is 93.9 Å². The summed E-state index contributed by atoms with van der Waals surface area (Å²) in [7, 11) is 0. The van der Waals surface area contributed by atoms with Crippen LogP contribution in [0.2, 0.25) is 0 Å². The molecule has 1 fully saturated rings. The van der Waals surface area contributed by atoms with Crippen molar-refractivity contribution in [1.82, 2.24) is 25.4 Å². The van der Waals surface area contributed by atoms with Crippen LogP contribution in [0.1, 0.15) is 30.7 Å². The Morgan fingerprint density at radius 2 is 2.13 bits per heavy atom. The summed E-state index contributed by atoms with van der Waals surface area (Å²) in [6.45, 7) is 1.93. The molecule has 1 aromatic heterocycles. The highest BCUT2D eigenvalue weighted by molar-refractivity contribution is 5.81. The van der Waals surface area contributed by atoms with Gasteiger partial charge in [0.05, 0.1) is 12.6 Å². The molecule has 0 spiro atoms. The molecule has 2 heterocycles. The molecule has 122 valence electrons. The molecule has 0 saturated carbocycles. The summed E-state index contributed by atoms with van der Waals surface area (Å²) < 4.78 is 0. The van der Waals surface area contributed by atoms with Crippen LogP contribution < -0.4 is 11.0 Å². The molecule has 23 heavy (non-hydrogen) atoms. The summed E-state index contributed by atoms with van der Waals surface area (Å²) in [5.41, 5.74) is 0.849. The molecule has 7 nitrogen and oxygen atoms in total. The number of hydrogen-bond donors (Lipinski definition) is 3. The van der Waals surface area contributed by atoms with Gasteiger partial charge >= 0.3 is 5.69 Å². The third-order valence-electron chi connectivity index (χ3n) is 4.13. The zero-order valence-electron chi connectivity index (χ0n) is 12.9. The van der Waals surface area contributed by atoms with E-state index < -0.39 is 0 Å². The van der Waals surface area contributed by atoms with E-state index in [1.165, 1.54) is 5.56 Å². The third kappa shape index (κ3) is 4.07. The highest BCUT2D eigenvalue weighted by Gasteiger charge is 2.28. The van der Waals surface area contributed by atoms with Crippen molar-refractivity contribution in [3.05, 3.63) is 52.2 Å². The molecule has 3 N–H and O–H groups in total. The number of hydrogen-bond acceptors (Lipinski definition) is 4. The van der Waals surface area contributed by atoms with Crippen LogP contribution in [0.3, 0.4) is 0 Å². The van der Waals surface area contributed by atoms with Gasteiger partial charge in [0.25, 0.3) is 0 Å². The predicted molar refractivity (Wildman–Crippen MR) is 85.5 cm³/mol. The number of aromatic nitrogens is 3. The average Bonchev–Trinajstić information content (AvgIpc) is 3.00. The number of carbonyl (C=O) groups is 1. The van der Waals surface area contributed by atoms with Gasteiger partial charge in [-0.15, -0.1) is 0 Å². The van der Waals surface area contributed by atoms with Gasteiger partial charge in [0, 0.05) is 6.54 Å². The van der Waals surface area contributed by atoms with Crippen LogP contribution in [0.25, 0.3) is 0 Å². The Morgan fingerprint density at radius 3 is 2.87 bits per heavy atom. The molecule has 1 atom stereocenters. The molecule has 1 aliphatic rings. The number of likely N-dealkylation sites (tertiary alicyclic amines) is 1. The van der Waals surface area contributed by atoms with Crippen molar-refractivity contribution in [3.63, 3.8) is 0 Å². The predicted octanol–water partition coefficient (Wildman–Crippen LogP) is 0.769. The number of H-pyrrole nitrogens is 2. The minimum atomic E-state index is -0.363. The van der Waals surface area contributed by atoms with Crippen LogP contribution in [-0.4, -0.2) is 38.6 Å². The van der Waals surface area contributed by atoms with E-state index in [2.05, 4.69) is 37.5 Å². The average molecular weight is 315 g/mol. The van der Waals surface area contributed by atoms with Crippen LogP contribution in [-0.2, 0) is 17.9 Å². The normalized spacial score (nSPS) is 18.7. The maximum Gasteiger partial charge on any atom is 0.340 e. The molecular formula is C16H21N5O2. The third-order valence-corrected chi connectivity index (χ3v) is 4.13. The largest absolute Gasteiger partial charge is 0.347 e. The standard InChI is InChI=1S/C16H21N5O2/c22-15(17-10-14-18-16(23)20-19-14)13-8-4-5-9-21(13)11-12-6-2-1-3-7-12/h1-3,6-7,13H,4-5,8-11H2,(H,17,22)(H2,18,19,20,23)/t13-/m0/s1. The van der Waals surface area contributed by atoms with E-state index in [0.717, 1.165) is 32.4 Å². The summed E-state index contributed by atoms with van der Waals surface area (Å²) >= 11 is 0. The smallest absolute Gasteiger partial charge is 0.340 e. The van der Waals surface area contributed by atoms with Gasteiger partial charge in [-0.1, -0.05) is 36.8 Å². The number of rotatable bonds is 5. The van der Waals surface area contributed by atoms with Gasteiger partial charge in [-0.05, 0) is 24.9 Å². The van der Waals surface area contributed by atoms with Crippen LogP contribution in [0.4, 0.5) is 0 Å². The quantitative estimate of drug-likeness (QED) is 0.759. The van der Waals surface area contributed by atoms with E-state index in [-0.39, 0.29) is 24.2 Å². The fourth-order valence-electron chi connectivity index (χ4n) is 2.97. The zero-order valence-corrected chi connectivity index (χ0v) is 12.9. The molecule has 7 heteroatoms. The second-order valence-electron chi connectivity index (χ2n) is 5.81. The molecule has 1 aromatic carbocycles. The monoisotopic (exact) mass is 315 g/mol. The Hall–Kier alpha value is -2.41. The van der Waals surface area contributed by atoms with E-state index in [1.54, 1.807) is 0 Å². The van der Waals surface area contributed by atoms with Gasteiger partial charge in [0.2, 0.25) is 5.91 Å². The first-order valence-corrected chi connectivity index (χ1v) is 7.91. The first-order valence-electron chi connectivity index (χ1n) is 7.91. The second kappa shape index (κ2) is 7.23. The molecular weight excluding hydrogens is 294 g/mol. The first-order chi connectivity index (χ1) is 11.2. The Kier molecular flexibility index (Phi) is 4.87. The number of amides is 1. The lowest BCUT2D eigenvalue weighted by atomic mass is 10.0. The van der Waals surface area contributed by atoms with Crippen molar-refractivity contribution in [2.24, 2.45) is 0 Å². The van der Waals surface area contributed by atoms with Crippen LogP contribution in [0.15, 0.2) is 35.1 Å². The van der Waals surface area contributed by atoms with Crippen LogP contribution >= 0.6 is 0 Å². The molecule has 2 aromatic rings. The van der Waals surface area contributed by atoms with E-state index >= 15 is 0 Å². The van der Waals surface area contributed by atoms with Crippen molar-refractivity contribution in [1.29, 1.82) is 0 Å². The molecule has 1 aliphatic heterocycles. The van der Waals surface area contributed by atoms with Gasteiger partial charge in [-0.2, -0.15) is 5.10 Å². The lowest BCUT2D eigenvalue weighted by molar-refractivity contribution is -0.128. The van der Waals surface area contributed by atoms with E-state index in [1.807, 2.05) is 18.2 Å². The molecule has 0 aliphatic carbocycles. The zero-order chi connectivity index (χ0) is 16.1. The van der Waals surface area contributed by atoms with E-state index in [4.69, 9.17) is 0 Å². The number of benzene rings is 1. The Balaban J connectivity index is 1.61. The number of nitrogens with one attached hydrogen (secondary N) is 3. The molecule has 3 rings (SSSR count). The van der Waals surface area contributed by atoms with Gasteiger partial charge in [-0.25, -0.2) is 9.89 Å². The van der Waals surface area contributed by atoms with Crippen molar-refractivity contribution >= 4 is 5.91 Å². The number of aromatic amines is 2. The molecule has 0 radical (unpaired) electrons. The van der Waals surface area contributed by atoms with Gasteiger partial charge in [-0.3, -0.25) is 14.7 Å². The first kappa shape index (κ1) is 15.5. The lowest BCUT2D eigenvalue weighted by Crippen LogP contribution is -2.48. The van der Waals surface area contributed by atoms with Gasteiger partial charge < -0.3 is 5.32 Å².